The topological polar surface area (TPSA) is 81.8 Å². The van der Waals surface area contributed by atoms with Gasteiger partial charge in [0.15, 0.2) is 11.5 Å². The number of nitrogens with one attached hydrogen (secondary N) is 3. The lowest BCUT2D eigenvalue weighted by Crippen LogP contribution is -2.35. The molecule has 7 nitrogen and oxygen atoms in total. The van der Waals surface area contributed by atoms with E-state index in [0.29, 0.717) is 5.82 Å². The molecule has 0 radical (unpaired) electrons. The molecule has 182 valence electrons. The number of rotatable bonds is 6. The summed E-state index contributed by atoms with van der Waals surface area (Å²) in [7, 11) is 1.83. The van der Waals surface area contributed by atoms with Crippen LogP contribution in [0.3, 0.4) is 0 Å². The first kappa shape index (κ1) is 23.4. The van der Waals surface area contributed by atoms with E-state index in [1.807, 2.05) is 13.2 Å². The molecule has 0 atom stereocenters. The maximum Gasteiger partial charge on any atom is 0.417 e. The van der Waals surface area contributed by atoms with Gasteiger partial charge in [0.25, 0.3) is 0 Å². The monoisotopic (exact) mass is 499 g/mol. The van der Waals surface area contributed by atoms with Gasteiger partial charge >= 0.3 is 6.18 Å². The molecule has 1 aromatic carbocycles. The fourth-order valence-electron chi connectivity index (χ4n) is 4.06. The van der Waals surface area contributed by atoms with Crippen LogP contribution in [0.2, 0.25) is 0 Å². The van der Waals surface area contributed by atoms with Crippen LogP contribution in [0.4, 0.5) is 24.8 Å². The second-order valence-corrected chi connectivity index (χ2v) is 9.51. The highest BCUT2D eigenvalue weighted by molar-refractivity contribution is 7.97. The first-order chi connectivity index (χ1) is 16.9. The minimum absolute atomic E-state index is 0.186. The van der Waals surface area contributed by atoms with Crippen LogP contribution in [0.25, 0.3) is 22.2 Å². The predicted molar refractivity (Wildman–Crippen MR) is 132 cm³/mol. The Balaban J connectivity index is 1.15. The summed E-state index contributed by atoms with van der Waals surface area (Å²) in [6.45, 7) is 1.75. The van der Waals surface area contributed by atoms with Crippen molar-refractivity contribution in [1.82, 2.24) is 24.5 Å². The largest absolute Gasteiger partial charge is 0.417 e. The highest BCUT2D eigenvalue weighted by atomic mass is 32.2. The van der Waals surface area contributed by atoms with Gasteiger partial charge in [0.1, 0.15) is 5.82 Å². The van der Waals surface area contributed by atoms with Crippen molar-refractivity contribution in [2.24, 2.45) is 0 Å². The number of benzene rings is 1. The second-order valence-electron chi connectivity index (χ2n) is 8.34. The number of H-pyrrole nitrogens is 1. The van der Waals surface area contributed by atoms with Gasteiger partial charge in [-0.2, -0.15) is 18.3 Å². The van der Waals surface area contributed by atoms with Crippen LogP contribution in [0, 0.1) is 0 Å². The molecule has 5 rings (SSSR count). The Morgan fingerprint density at radius 3 is 2.43 bits per heavy atom. The van der Waals surface area contributed by atoms with Crippen molar-refractivity contribution in [3.05, 3.63) is 60.4 Å². The van der Waals surface area contributed by atoms with Crippen molar-refractivity contribution in [3.8, 4) is 11.1 Å². The van der Waals surface area contributed by atoms with Crippen molar-refractivity contribution in [3.63, 3.8) is 0 Å². The third-order valence-corrected chi connectivity index (χ3v) is 7.08. The fraction of sp³-hybridized carbons (Fsp3) is 0.292. The molecule has 0 unspecified atom stereocenters. The molecule has 3 N–H and O–H groups in total. The summed E-state index contributed by atoms with van der Waals surface area (Å²) in [5.41, 5.74) is 2.12. The quantitative estimate of drug-likeness (QED) is 0.295. The first-order valence-electron chi connectivity index (χ1n) is 11.2. The molecule has 1 aliphatic heterocycles. The van der Waals surface area contributed by atoms with Gasteiger partial charge in [-0.15, -0.1) is 0 Å². The Bertz CT molecular complexity index is 1280. The summed E-state index contributed by atoms with van der Waals surface area (Å²) >= 11 is 1.72. The lowest BCUT2D eigenvalue weighted by Gasteiger charge is -2.31. The summed E-state index contributed by atoms with van der Waals surface area (Å²) in [4.78, 5) is 9.53. The molecule has 11 heteroatoms. The number of alkyl halides is 3. The number of piperidine rings is 1. The molecule has 0 spiro atoms. The number of hydrogen-bond donors (Lipinski definition) is 3. The van der Waals surface area contributed by atoms with Gasteiger partial charge in [-0.25, -0.2) is 14.3 Å². The Kier molecular flexibility index (Phi) is 6.52. The highest BCUT2D eigenvalue weighted by Crippen LogP contribution is 2.32. The van der Waals surface area contributed by atoms with Crippen molar-refractivity contribution >= 4 is 34.6 Å². The average molecular weight is 500 g/mol. The Morgan fingerprint density at radius 1 is 1.00 bits per heavy atom. The van der Waals surface area contributed by atoms with E-state index in [4.69, 9.17) is 0 Å². The maximum absolute atomic E-state index is 12.7. The third-order valence-electron chi connectivity index (χ3n) is 5.97. The normalized spacial score (nSPS) is 15.4. The van der Waals surface area contributed by atoms with E-state index >= 15 is 0 Å². The molecule has 4 aromatic rings. The molecule has 1 saturated heterocycles. The summed E-state index contributed by atoms with van der Waals surface area (Å²) in [5, 5.41) is 14.4. The van der Waals surface area contributed by atoms with Crippen LogP contribution < -0.4 is 10.6 Å². The zero-order chi connectivity index (χ0) is 24.4. The third kappa shape index (κ3) is 5.35. The minimum Gasteiger partial charge on any atom is -0.371 e. The number of hydrogen-bond acceptors (Lipinski definition) is 7. The fourth-order valence-corrected chi connectivity index (χ4v) is 5.01. The predicted octanol–water partition coefficient (Wildman–Crippen LogP) is 5.66. The van der Waals surface area contributed by atoms with Gasteiger partial charge in [0, 0.05) is 49.0 Å². The number of anilines is 2. The molecule has 35 heavy (non-hydrogen) atoms. The number of aromatic nitrogens is 4. The molecule has 1 fully saturated rings. The molecule has 0 amide bonds. The second kappa shape index (κ2) is 9.74. The Morgan fingerprint density at radius 2 is 1.77 bits per heavy atom. The van der Waals surface area contributed by atoms with Crippen LogP contribution in [0.5, 0.6) is 0 Å². The molecule has 0 saturated carbocycles. The highest BCUT2D eigenvalue weighted by Gasteiger charge is 2.30. The summed E-state index contributed by atoms with van der Waals surface area (Å²) in [6.07, 6.45) is 0.119. The number of pyridine rings is 2. The van der Waals surface area contributed by atoms with Gasteiger partial charge in [0.2, 0.25) is 0 Å². The zero-order valence-electron chi connectivity index (χ0n) is 18.9. The molecular weight excluding hydrogens is 475 g/mol. The van der Waals surface area contributed by atoms with Gasteiger partial charge in [0.05, 0.1) is 10.9 Å². The van der Waals surface area contributed by atoms with Crippen LogP contribution in [0.1, 0.15) is 18.4 Å². The molecular formula is C24H24F3N7S. The van der Waals surface area contributed by atoms with Gasteiger partial charge in [-0.3, -0.25) is 5.10 Å². The smallest absolute Gasteiger partial charge is 0.371 e. The van der Waals surface area contributed by atoms with Crippen LogP contribution in [-0.2, 0) is 6.18 Å². The number of nitrogens with zero attached hydrogens (tertiary/aromatic N) is 4. The number of fused-ring (bicyclic) bond motifs is 1. The molecule has 3 aromatic heterocycles. The molecule has 4 heterocycles. The van der Waals surface area contributed by atoms with E-state index in [0.717, 1.165) is 71.1 Å². The average Bonchev–Trinajstić information content (AvgIpc) is 3.28. The zero-order valence-corrected chi connectivity index (χ0v) is 19.7. The minimum atomic E-state index is -4.37. The van der Waals surface area contributed by atoms with E-state index in [9.17, 15) is 13.2 Å². The molecule has 1 aliphatic rings. The summed E-state index contributed by atoms with van der Waals surface area (Å²) in [5.74, 6) is 1.25. The first-order valence-corrected chi connectivity index (χ1v) is 12.0. The van der Waals surface area contributed by atoms with E-state index in [1.165, 1.54) is 6.07 Å². The molecule has 0 bridgehead atoms. The van der Waals surface area contributed by atoms with Crippen molar-refractivity contribution in [2.45, 2.75) is 30.0 Å². The Hall–Kier alpha value is -3.31. The van der Waals surface area contributed by atoms with Crippen LogP contribution in [0.15, 0.2) is 59.8 Å². The van der Waals surface area contributed by atoms with Gasteiger partial charge in [-0.1, -0.05) is 12.1 Å². The molecule has 0 aliphatic carbocycles. The van der Waals surface area contributed by atoms with E-state index < -0.39 is 11.7 Å². The van der Waals surface area contributed by atoms with Crippen molar-refractivity contribution < 1.29 is 13.2 Å². The standard InChI is InChI=1S/C24H24F3N7S/c1-28-22-20-12-16(13-30-23(20)33-32-22)15-2-5-19(6-3-15)35-34-10-8-18(9-11-34)31-21-7-4-17(14-29-21)24(25,26)27/h2-7,12-14,18H,8-11H2,1H3,(H,29,31)(H2,28,30,32,33). The number of aromatic amines is 1. The van der Waals surface area contributed by atoms with Gasteiger partial charge in [-0.05, 0) is 60.7 Å². The van der Waals surface area contributed by atoms with E-state index in [1.54, 1.807) is 11.9 Å². The lowest BCUT2D eigenvalue weighted by molar-refractivity contribution is -0.137. The van der Waals surface area contributed by atoms with E-state index in [2.05, 4.69) is 65.4 Å². The summed E-state index contributed by atoms with van der Waals surface area (Å²) in [6, 6.07) is 13.1. The lowest BCUT2D eigenvalue weighted by atomic mass is 10.1. The van der Waals surface area contributed by atoms with Gasteiger partial charge < -0.3 is 10.6 Å². The maximum atomic E-state index is 12.7. The van der Waals surface area contributed by atoms with Crippen LogP contribution >= 0.6 is 11.9 Å². The summed E-state index contributed by atoms with van der Waals surface area (Å²) < 4.78 is 40.4. The SMILES string of the molecule is CNc1n[nH]c2ncc(-c3ccc(SN4CCC(Nc5ccc(C(F)(F)F)cn5)CC4)cc3)cc12. The number of halogens is 3. The van der Waals surface area contributed by atoms with E-state index in [-0.39, 0.29) is 6.04 Å². The van der Waals surface area contributed by atoms with Crippen molar-refractivity contribution in [2.75, 3.05) is 30.8 Å². The van der Waals surface area contributed by atoms with Crippen LogP contribution in [-0.4, -0.2) is 50.6 Å². The Labute approximate surface area is 204 Å². The van der Waals surface area contributed by atoms with Crippen molar-refractivity contribution in [1.29, 1.82) is 0 Å².